The van der Waals surface area contributed by atoms with E-state index in [-0.39, 0.29) is 18.0 Å². The third kappa shape index (κ3) is 4.47. The van der Waals surface area contributed by atoms with Crippen LogP contribution in [0.2, 0.25) is 0 Å². The Morgan fingerprint density at radius 1 is 1.23 bits per heavy atom. The maximum absolute atomic E-state index is 13.7. The minimum Gasteiger partial charge on any atom is -0.495 e. The molecule has 1 amide bonds. The van der Waals surface area contributed by atoms with E-state index in [4.69, 9.17) is 14.2 Å². The van der Waals surface area contributed by atoms with Gasteiger partial charge in [-0.1, -0.05) is 12.1 Å². The molecule has 0 saturated carbocycles. The summed E-state index contributed by atoms with van der Waals surface area (Å²) in [6, 6.07) is 9.64. The SMILES string of the molecule is COC(=O)[C@H]1CN(C(=O)CN(C)S(=O)(=O)c2cc(F)ccc2OC)c2ccccc2O1. The molecule has 0 saturated heterocycles. The molecular weight excluding hydrogens is 431 g/mol. The predicted molar refractivity (Wildman–Crippen MR) is 108 cm³/mol. The van der Waals surface area contributed by atoms with Gasteiger partial charge in [-0.25, -0.2) is 17.6 Å². The molecule has 166 valence electrons. The topological polar surface area (TPSA) is 102 Å². The molecule has 9 nitrogen and oxygen atoms in total. The van der Waals surface area contributed by atoms with Crippen LogP contribution in [0.5, 0.6) is 11.5 Å². The number of anilines is 1. The quantitative estimate of drug-likeness (QED) is 0.611. The van der Waals surface area contributed by atoms with Gasteiger partial charge in [0.05, 0.1) is 33.0 Å². The lowest BCUT2D eigenvalue weighted by Crippen LogP contribution is -2.50. The summed E-state index contributed by atoms with van der Waals surface area (Å²) in [6.07, 6.45) is -1.06. The number of benzene rings is 2. The van der Waals surface area contributed by atoms with Crippen molar-refractivity contribution < 1.29 is 36.6 Å². The van der Waals surface area contributed by atoms with Gasteiger partial charge in [-0.2, -0.15) is 4.31 Å². The van der Waals surface area contributed by atoms with Gasteiger partial charge in [0.25, 0.3) is 0 Å². The minimum atomic E-state index is -4.25. The molecule has 1 atom stereocenters. The summed E-state index contributed by atoms with van der Waals surface area (Å²) < 4.78 is 55.7. The standard InChI is InChI=1S/C20H21FN2O7S/c1-22(31(26,27)18-10-13(21)8-9-16(18)28-2)12-19(24)23-11-17(20(25)29-3)30-15-7-5-4-6-14(15)23/h4-10,17H,11-12H2,1-3H3/t17-/m1/s1. The van der Waals surface area contributed by atoms with Gasteiger partial charge >= 0.3 is 5.97 Å². The van der Waals surface area contributed by atoms with Crippen LogP contribution in [0.15, 0.2) is 47.4 Å². The smallest absolute Gasteiger partial charge is 0.348 e. The monoisotopic (exact) mass is 452 g/mol. The van der Waals surface area contributed by atoms with Crippen LogP contribution < -0.4 is 14.4 Å². The van der Waals surface area contributed by atoms with Crippen molar-refractivity contribution in [1.29, 1.82) is 0 Å². The van der Waals surface area contributed by atoms with Crippen LogP contribution in [0.4, 0.5) is 10.1 Å². The summed E-state index contributed by atoms with van der Waals surface area (Å²) in [5.74, 6) is -1.80. The number of para-hydroxylation sites is 2. The molecular formula is C20H21FN2O7S. The van der Waals surface area contributed by atoms with E-state index < -0.39 is 45.3 Å². The van der Waals surface area contributed by atoms with Gasteiger partial charge in [-0.15, -0.1) is 0 Å². The highest BCUT2D eigenvalue weighted by Gasteiger charge is 2.36. The van der Waals surface area contributed by atoms with E-state index in [0.29, 0.717) is 5.69 Å². The Labute approximate surface area is 179 Å². The van der Waals surface area contributed by atoms with E-state index >= 15 is 0 Å². The largest absolute Gasteiger partial charge is 0.495 e. The van der Waals surface area contributed by atoms with Crippen molar-refractivity contribution >= 4 is 27.6 Å². The number of rotatable bonds is 6. The Balaban J connectivity index is 1.88. The van der Waals surface area contributed by atoms with Gasteiger partial charge in [-0.3, -0.25) is 4.79 Å². The Bertz CT molecular complexity index is 1110. The lowest BCUT2D eigenvalue weighted by atomic mass is 10.2. The van der Waals surface area contributed by atoms with Crippen LogP contribution in [-0.4, -0.2) is 65.1 Å². The minimum absolute atomic E-state index is 0.0526. The Morgan fingerprint density at radius 3 is 2.61 bits per heavy atom. The summed E-state index contributed by atoms with van der Waals surface area (Å²) in [6.45, 7) is -0.718. The third-order valence-electron chi connectivity index (χ3n) is 4.71. The van der Waals surface area contributed by atoms with Crippen LogP contribution >= 0.6 is 0 Å². The molecule has 0 fully saturated rings. The number of halogens is 1. The van der Waals surface area contributed by atoms with Crippen molar-refractivity contribution in [1.82, 2.24) is 4.31 Å². The fourth-order valence-electron chi connectivity index (χ4n) is 3.11. The number of likely N-dealkylation sites (N-methyl/N-ethyl adjacent to an activating group) is 1. The van der Waals surface area contributed by atoms with E-state index in [9.17, 15) is 22.4 Å². The summed E-state index contributed by atoms with van der Waals surface area (Å²) in [7, 11) is -0.597. The Morgan fingerprint density at radius 2 is 1.94 bits per heavy atom. The number of methoxy groups -OCH3 is 2. The van der Waals surface area contributed by atoms with Gasteiger partial charge in [0, 0.05) is 7.05 Å². The molecule has 11 heteroatoms. The first-order valence-electron chi connectivity index (χ1n) is 9.12. The highest BCUT2D eigenvalue weighted by atomic mass is 32.2. The second-order valence-electron chi connectivity index (χ2n) is 6.66. The van der Waals surface area contributed by atoms with Gasteiger partial charge < -0.3 is 19.1 Å². The normalized spacial score (nSPS) is 15.8. The molecule has 3 rings (SSSR count). The van der Waals surface area contributed by atoms with Gasteiger partial charge in [-0.05, 0) is 30.3 Å². The van der Waals surface area contributed by atoms with Gasteiger partial charge in [0.15, 0.2) is 0 Å². The number of esters is 1. The number of nitrogens with zero attached hydrogens (tertiary/aromatic N) is 2. The first-order valence-corrected chi connectivity index (χ1v) is 10.6. The maximum Gasteiger partial charge on any atom is 0.348 e. The Hall–Kier alpha value is -3.18. The number of hydrogen-bond donors (Lipinski definition) is 0. The Kier molecular flexibility index (Phi) is 6.46. The molecule has 1 aliphatic rings. The number of ether oxygens (including phenoxy) is 3. The molecule has 2 aromatic carbocycles. The molecule has 1 heterocycles. The average Bonchev–Trinajstić information content (AvgIpc) is 2.77. The van der Waals surface area contributed by atoms with Crippen LogP contribution in [0.25, 0.3) is 0 Å². The second-order valence-corrected chi connectivity index (χ2v) is 8.67. The second kappa shape index (κ2) is 8.90. The fraction of sp³-hybridized carbons (Fsp3) is 0.300. The van der Waals surface area contributed by atoms with E-state index in [2.05, 4.69) is 0 Å². The molecule has 0 unspecified atom stereocenters. The van der Waals surface area contributed by atoms with E-state index in [0.717, 1.165) is 16.4 Å². The molecule has 31 heavy (non-hydrogen) atoms. The zero-order valence-corrected chi connectivity index (χ0v) is 17.9. The van der Waals surface area contributed by atoms with Crippen LogP contribution in [0.3, 0.4) is 0 Å². The van der Waals surface area contributed by atoms with Crippen molar-refractivity contribution in [2.75, 3.05) is 39.3 Å². The molecule has 0 aliphatic carbocycles. The number of sulfonamides is 1. The molecule has 0 spiro atoms. The molecule has 1 aliphatic heterocycles. The lowest BCUT2D eigenvalue weighted by Gasteiger charge is -2.34. The number of hydrogen-bond acceptors (Lipinski definition) is 7. The molecule has 2 aromatic rings. The van der Waals surface area contributed by atoms with Crippen molar-refractivity contribution in [3.05, 3.63) is 48.3 Å². The third-order valence-corrected chi connectivity index (χ3v) is 6.54. The number of fused-ring (bicyclic) bond motifs is 1. The molecule has 0 aromatic heterocycles. The highest BCUT2D eigenvalue weighted by Crippen LogP contribution is 2.34. The summed E-state index contributed by atoms with van der Waals surface area (Å²) in [4.78, 5) is 25.9. The molecule has 0 radical (unpaired) electrons. The lowest BCUT2D eigenvalue weighted by molar-refractivity contribution is -0.148. The zero-order chi connectivity index (χ0) is 22.8. The van der Waals surface area contributed by atoms with E-state index in [1.165, 1.54) is 32.2 Å². The summed E-state index contributed by atoms with van der Waals surface area (Å²) in [5, 5.41) is 0. The van der Waals surface area contributed by atoms with Crippen molar-refractivity contribution in [2.45, 2.75) is 11.0 Å². The fourth-order valence-corrected chi connectivity index (χ4v) is 4.39. The van der Waals surface area contributed by atoms with Crippen molar-refractivity contribution in [3.8, 4) is 11.5 Å². The number of amides is 1. The van der Waals surface area contributed by atoms with Crippen LogP contribution in [-0.2, 0) is 24.3 Å². The van der Waals surface area contributed by atoms with E-state index in [1.54, 1.807) is 24.3 Å². The van der Waals surface area contributed by atoms with Gasteiger partial charge in [0.2, 0.25) is 22.0 Å². The maximum atomic E-state index is 13.7. The molecule has 0 N–H and O–H groups in total. The zero-order valence-electron chi connectivity index (χ0n) is 17.1. The van der Waals surface area contributed by atoms with Crippen LogP contribution in [0.1, 0.15) is 0 Å². The van der Waals surface area contributed by atoms with Crippen LogP contribution in [0, 0.1) is 5.82 Å². The highest BCUT2D eigenvalue weighted by molar-refractivity contribution is 7.89. The number of carbonyl (C=O) groups excluding carboxylic acids is 2. The van der Waals surface area contributed by atoms with Crippen molar-refractivity contribution in [3.63, 3.8) is 0 Å². The van der Waals surface area contributed by atoms with Gasteiger partial charge in [0.1, 0.15) is 22.2 Å². The average molecular weight is 452 g/mol. The molecule has 0 bridgehead atoms. The first-order chi connectivity index (χ1) is 14.7. The summed E-state index contributed by atoms with van der Waals surface area (Å²) in [5.41, 5.74) is 0.391. The van der Waals surface area contributed by atoms with Crippen molar-refractivity contribution in [2.24, 2.45) is 0 Å². The first kappa shape index (κ1) is 22.5. The summed E-state index contributed by atoms with van der Waals surface area (Å²) >= 11 is 0. The predicted octanol–water partition coefficient (Wildman–Crippen LogP) is 1.42. The number of carbonyl (C=O) groups is 2. The van der Waals surface area contributed by atoms with E-state index in [1.807, 2.05) is 0 Å².